The number of carboxylic acid groups (broad SMARTS) is 1. The molecule has 0 radical (unpaired) electrons. The van der Waals surface area contributed by atoms with Gasteiger partial charge in [0, 0.05) is 29.3 Å². The van der Waals surface area contributed by atoms with Crippen molar-refractivity contribution in [2.45, 2.75) is 51.5 Å². The summed E-state index contributed by atoms with van der Waals surface area (Å²) in [6.07, 6.45) is 1.37. The van der Waals surface area contributed by atoms with E-state index in [1.807, 2.05) is 18.4 Å². The van der Waals surface area contributed by atoms with Crippen LogP contribution in [0.4, 0.5) is 4.79 Å². The summed E-state index contributed by atoms with van der Waals surface area (Å²) in [5.74, 6) is -0.802. The highest BCUT2D eigenvalue weighted by molar-refractivity contribution is 7.10. The highest BCUT2D eigenvalue weighted by Crippen LogP contribution is 2.26. The molecular weight excluding hydrogens is 288 g/mol. The fraction of sp³-hybridized carbons (Fsp3) is 0.600. The second-order valence-corrected chi connectivity index (χ2v) is 6.82. The normalized spacial score (nSPS) is 12.7. The van der Waals surface area contributed by atoms with Gasteiger partial charge in [-0.15, -0.1) is 11.3 Å². The standard InChI is InChI=1S/C15H24N2O3S/c1-11(6-4-8-13(18)19)17-14(20)16-10-15(2,3)12-7-5-9-21-12/h5,7,9,11H,4,6,8,10H2,1-3H3,(H,18,19)(H2,16,17,20). The fourth-order valence-electron chi connectivity index (χ4n) is 1.96. The van der Waals surface area contributed by atoms with E-state index >= 15 is 0 Å². The van der Waals surface area contributed by atoms with Gasteiger partial charge in [0.1, 0.15) is 0 Å². The summed E-state index contributed by atoms with van der Waals surface area (Å²) in [4.78, 5) is 23.5. The maximum atomic E-state index is 11.8. The number of carboxylic acids is 1. The molecule has 0 saturated heterocycles. The quantitative estimate of drug-likeness (QED) is 0.690. The van der Waals surface area contributed by atoms with Crippen LogP contribution in [-0.2, 0) is 10.2 Å². The van der Waals surface area contributed by atoms with E-state index in [1.165, 1.54) is 4.88 Å². The molecule has 1 aromatic rings. The third-order valence-electron chi connectivity index (χ3n) is 3.28. The Morgan fingerprint density at radius 3 is 2.71 bits per heavy atom. The van der Waals surface area contributed by atoms with Crippen molar-refractivity contribution >= 4 is 23.3 Å². The van der Waals surface area contributed by atoms with Gasteiger partial charge in [0.05, 0.1) is 0 Å². The van der Waals surface area contributed by atoms with Gasteiger partial charge in [-0.25, -0.2) is 4.79 Å². The molecule has 2 amide bonds. The number of carbonyl (C=O) groups is 2. The van der Waals surface area contributed by atoms with E-state index in [-0.39, 0.29) is 23.9 Å². The molecule has 0 aliphatic heterocycles. The van der Waals surface area contributed by atoms with Gasteiger partial charge >= 0.3 is 12.0 Å². The van der Waals surface area contributed by atoms with E-state index in [1.54, 1.807) is 11.3 Å². The molecule has 0 saturated carbocycles. The minimum absolute atomic E-state index is 0.0331. The van der Waals surface area contributed by atoms with E-state index in [9.17, 15) is 9.59 Å². The van der Waals surface area contributed by atoms with E-state index in [0.717, 1.165) is 0 Å². The Balaban J connectivity index is 2.29. The van der Waals surface area contributed by atoms with E-state index in [0.29, 0.717) is 19.4 Å². The number of carbonyl (C=O) groups excluding carboxylic acids is 1. The zero-order valence-corrected chi connectivity index (χ0v) is 13.6. The van der Waals surface area contributed by atoms with Crippen LogP contribution in [0.25, 0.3) is 0 Å². The molecule has 1 unspecified atom stereocenters. The number of rotatable bonds is 8. The van der Waals surface area contributed by atoms with Crippen LogP contribution in [0, 0.1) is 0 Å². The number of amides is 2. The van der Waals surface area contributed by atoms with E-state index < -0.39 is 5.97 Å². The third-order valence-corrected chi connectivity index (χ3v) is 4.52. The molecule has 0 fully saturated rings. The number of urea groups is 1. The average Bonchev–Trinajstić information content (AvgIpc) is 2.90. The van der Waals surface area contributed by atoms with Crippen LogP contribution < -0.4 is 10.6 Å². The highest BCUT2D eigenvalue weighted by Gasteiger charge is 2.22. The predicted octanol–water partition coefficient (Wildman–Crippen LogP) is 2.97. The van der Waals surface area contributed by atoms with Crippen molar-refractivity contribution in [1.82, 2.24) is 10.6 Å². The van der Waals surface area contributed by atoms with Crippen molar-refractivity contribution in [3.63, 3.8) is 0 Å². The number of hydrogen-bond acceptors (Lipinski definition) is 3. The predicted molar refractivity (Wildman–Crippen MR) is 84.8 cm³/mol. The third kappa shape index (κ3) is 6.62. The number of nitrogens with one attached hydrogen (secondary N) is 2. The molecule has 0 bridgehead atoms. The van der Waals surface area contributed by atoms with Crippen LogP contribution in [0.2, 0.25) is 0 Å². The highest BCUT2D eigenvalue weighted by atomic mass is 32.1. The summed E-state index contributed by atoms with van der Waals surface area (Å²) in [6, 6.07) is 3.84. The molecule has 0 aromatic carbocycles. The Morgan fingerprint density at radius 2 is 2.14 bits per heavy atom. The van der Waals surface area contributed by atoms with Crippen molar-refractivity contribution in [3.8, 4) is 0 Å². The van der Waals surface area contributed by atoms with E-state index in [2.05, 4.69) is 30.5 Å². The minimum Gasteiger partial charge on any atom is -0.481 e. The zero-order valence-electron chi connectivity index (χ0n) is 12.8. The van der Waals surface area contributed by atoms with Gasteiger partial charge in [0.25, 0.3) is 0 Å². The van der Waals surface area contributed by atoms with Crippen LogP contribution in [-0.4, -0.2) is 29.7 Å². The van der Waals surface area contributed by atoms with Crippen LogP contribution in [0.3, 0.4) is 0 Å². The molecule has 1 atom stereocenters. The van der Waals surface area contributed by atoms with Gasteiger partial charge in [-0.05, 0) is 31.2 Å². The van der Waals surface area contributed by atoms with Gasteiger partial charge in [0.15, 0.2) is 0 Å². The number of thiophene rings is 1. The lowest BCUT2D eigenvalue weighted by Crippen LogP contribution is -2.45. The first-order valence-electron chi connectivity index (χ1n) is 7.11. The first-order valence-corrected chi connectivity index (χ1v) is 7.99. The van der Waals surface area contributed by atoms with Crippen LogP contribution in [0.15, 0.2) is 17.5 Å². The SMILES string of the molecule is CC(CCCC(=O)O)NC(=O)NCC(C)(C)c1cccs1. The molecule has 1 rings (SSSR count). The minimum atomic E-state index is -0.802. The largest absolute Gasteiger partial charge is 0.481 e. The Kier molecular flexibility index (Phi) is 6.68. The zero-order chi connectivity index (χ0) is 15.9. The van der Waals surface area contributed by atoms with Crippen LogP contribution in [0.5, 0.6) is 0 Å². The van der Waals surface area contributed by atoms with E-state index in [4.69, 9.17) is 5.11 Å². The summed E-state index contributed by atoms with van der Waals surface area (Å²) >= 11 is 1.68. The van der Waals surface area contributed by atoms with Gasteiger partial charge in [-0.2, -0.15) is 0 Å². The van der Waals surface area contributed by atoms with Crippen molar-refractivity contribution in [1.29, 1.82) is 0 Å². The summed E-state index contributed by atoms with van der Waals surface area (Å²) in [7, 11) is 0. The Bertz CT molecular complexity index is 457. The maximum absolute atomic E-state index is 11.8. The Morgan fingerprint density at radius 1 is 1.43 bits per heavy atom. The van der Waals surface area contributed by atoms with Crippen LogP contribution in [0.1, 0.15) is 44.9 Å². The summed E-state index contributed by atoms with van der Waals surface area (Å²) in [5, 5.41) is 16.3. The van der Waals surface area contributed by atoms with Gasteiger partial charge in [0.2, 0.25) is 0 Å². The molecule has 6 heteroatoms. The first-order chi connectivity index (χ1) is 9.81. The molecule has 0 aliphatic carbocycles. The molecule has 1 aromatic heterocycles. The number of hydrogen-bond donors (Lipinski definition) is 3. The molecular formula is C15H24N2O3S. The molecule has 0 spiro atoms. The van der Waals surface area contributed by atoms with Gasteiger partial charge < -0.3 is 15.7 Å². The summed E-state index contributed by atoms with van der Waals surface area (Å²) in [5.41, 5.74) is -0.0992. The lowest BCUT2D eigenvalue weighted by Gasteiger charge is -2.24. The molecule has 21 heavy (non-hydrogen) atoms. The Labute approximate surface area is 129 Å². The second kappa shape index (κ2) is 8.02. The molecule has 118 valence electrons. The van der Waals surface area contributed by atoms with Gasteiger partial charge in [-0.3, -0.25) is 4.79 Å². The molecule has 5 nitrogen and oxygen atoms in total. The van der Waals surface area contributed by atoms with Crippen molar-refractivity contribution in [2.75, 3.05) is 6.54 Å². The van der Waals surface area contributed by atoms with Crippen LogP contribution >= 0.6 is 11.3 Å². The molecule has 0 aliphatic rings. The topological polar surface area (TPSA) is 78.4 Å². The van der Waals surface area contributed by atoms with Crippen molar-refractivity contribution in [3.05, 3.63) is 22.4 Å². The Hall–Kier alpha value is -1.56. The smallest absolute Gasteiger partial charge is 0.315 e. The lowest BCUT2D eigenvalue weighted by atomic mass is 9.91. The van der Waals surface area contributed by atoms with Crippen molar-refractivity contribution < 1.29 is 14.7 Å². The summed E-state index contributed by atoms with van der Waals surface area (Å²) < 4.78 is 0. The molecule has 1 heterocycles. The molecule has 3 N–H and O–H groups in total. The fourth-order valence-corrected chi connectivity index (χ4v) is 2.81. The van der Waals surface area contributed by atoms with Gasteiger partial charge in [-0.1, -0.05) is 19.9 Å². The average molecular weight is 312 g/mol. The summed E-state index contributed by atoms with van der Waals surface area (Å²) in [6.45, 7) is 6.62. The number of aliphatic carboxylic acids is 1. The lowest BCUT2D eigenvalue weighted by molar-refractivity contribution is -0.137. The first kappa shape index (κ1) is 17.5. The monoisotopic (exact) mass is 312 g/mol. The second-order valence-electron chi connectivity index (χ2n) is 5.88. The maximum Gasteiger partial charge on any atom is 0.315 e. The van der Waals surface area contributed by atoms with Crippen molar-refractivity contribution in [2.24, 2.45) is 0 Å².